The van der Waals surface area contributed by atoms with Crippen molar-refractivity contribution in [1.29, 1.82) is 0 Å². The van der Waals surface area contributed by atoms with Crippen LogP contribution in [-0.4, -0.2) is 50.8 Å². The van der Waals surface area contributed by atoms with Crippen molar-refractivity contribution in [1.82, 2.24) is 15.0 Å². The summed E-state index contributed by atoms with van der Waals surface area (Å²) in [6.45, 7) is 8.93. The van der Waals surface area contributed by atoms with Crippen molar-refractivity contribution < 1.29 is 27.7 Å². The lowest BCUT2D eigenvalue weighted by atomic mass is 9.96. The summed E-state index contributed by atoms with van der Waals surface area (Å²) in [6.07, 6.45) is 0.606. The molecule has 52 heavy (non-hydrogen) atoms. The van der Waals surface area contributed by atoms with Crippen LogP contribution in [0.3, 0.4) is 0 Å². The van der Waals surface area contributed by atoms with Crippen molar-refractivity contribution in [2.45, 2.75) is 52.0 Å². The predicted octanol–water partition coefficient (Wildman–Crippen LogP) is 7.47. The molecule has 5 N–H and O–H groups in total. The zero-order valence-corrected chi connectivity index (χ0v) is 30.3. The number of aryl methyl sites for hydroxylation is 4. The largest absolute Gasteiger partial charge is 0.479 e. The van der Waals surface area contributed by atoms with E-state index in [2.05, 4.69) is 41.1 Å². The number of halogens is 1. The van der Waals surface area contributed by atoms with Gasteiger partial charge in [0.1, 0.15) is 0 Å². The number of carbonyl (C=O) groups is 2. The lowest BCUT2D eigenvalue weighted by Gasteiger charge is -2.15. The average Bonchev–Trinajstić information content (AvgIpc) is 3.04. The third-order valence-corrected chi connectivity index (χ3v) is 9.06. The lowest BCUT2D eigenvalue weighted by molar-refractivity contribution is -0.126. The molecule has 0 saturated heterocycles. The summed E-state index contributed by atoms with van der Waals surface area (Å²) in [4.78, 5) is 37.1. The Morgan fingerprint density at radius 2 is 1.38 bits per heavy atom. The SMILES string of the molecule is CC(=O)C(N=Nc1c(C)cc(Cc2cc(C)c(Nc3nc(O)nc(Nc4ccc(S(=O)(=O)O)cc4)n3)c(C)c2)cc1C)C(=O)Nc1ccccc1Cl. The summed E-state index contributed by atoms with van der Waals surface area (Å²) in [5.74, 6) is -1.00. The van der Waals surface area contributed by atoms with Gasteiger partial charge in [0, 0.05) is 11.4 Å². The number of benzene rings is 4. The minimum absolute atomic E-state index is 0.00688. The number of hydrogen-bond donors (Lipinski definition) is 5. The Kier molecular flexibility index (Phi) is 11.3. The summed E-state index contributed by atoms with van der Waals surface area (Å²) in [5, 5.41) is 27.6. The Bertz CT molecular complexity index is 2270. The topological polar surface area (TPSA) is 208 Å². The molecule has 0 fully saturated rings. The van der Waals surface area contributed by atoms with Gasteiger partial charge < -0.3 is 21.1 Å². The quantitative estimate of drug-likeness (QED) is 0.0481. The second-order valence-corrected chi connectivity index (χ2v) is 13.9. The molecule has 16 heteroatoms. The molecule has 5 aromatic rings. The second-order valence-electron chi connectivity index (χ2n) is 12.1. The van der Waals surface area contributed by atoms with Gasteiger partial charge in [-0.2, -0.15) is 33.6 Å². The molecular weight excluding hydrogens is 708 g/mol. The summed E-state index contributed by atoms with van der Waals surface area (Å²) in [7, 11) is -4.34. The number of rotatable bonds is 12. The van der Waals surface area contributed by atoms with Gasteiger partial charge in [-0.15, -0.1) is 0 Å². The monoisotopic (exact) mass is 742 g/mol. The zero-order valence-electron chi connectivity index (χ0n) is 28.8. The van der Waals surface area contributed by atoms with E-state index in [4.69, 9.17) is 11.6 Å². The van der Waals surface area contributed by atoms with E-state index in [0.29, 0.717) is 28.5 Å². The number of ketones is 1. The maximum atomic E-state index is 12.9. The van der Waals surface area contributed by atoms with Crippen LogP contribution in [0.25, 0.3) is 0 Å². The molecule has 0 aliphatic heterocycles. The maximum Gasteiger partial charge on any atom is 0.320 e. The fourth-order valence-electron chi connectivity index (χ4n) is 5.52. The molecule has 1 amide bonds. The number of azo groups is 1. The molecule has 0 spiro atoms. The van der Waals surface area contributed by atoms with Crippen LogP contribution >= 0.6 is 11.6 Å². The van der Waals surface area contributed by atoms with E-state index in [0.717, 1.165) is 39.1 Å². The van der Waals surface area contributed by atoms with Crippen molar-refractivity contribution in [2.24, 2.45) is 10.2 Å². The van der Waals surface area contributed by atoms with Gasteiger partial charge in [0.25, 0.3) is 16.0 Å². The van der Waals surface area contributed by atoms with Gasteiger partial charge in [-0.25, -0.2) is 0 Å². The minimum atomic E-state index is -4.34. The molecule has 0 radical (unpaired) electrons. The van der Waals surface area contributed by atoms with Gasteiger partial charge in [-0.1, -0.05) is 48.0 Å². The molecule has 0 aliphatic carbocycles. The zero-order chi connectivity index (χ0) is 37.7. The van der Waals surface area contributed by atoms with Gasteiger partial charge in [0.05, 0.1) is 21.3 Å². The van der Waals surface area contributed by atoms with Crippen LogP contribution < -0.4 is 16.0 Å². The fraction of sp³-hybridized carbons (Fsp3) is 0.194. The molecule has 0 saturated carbocycles. The van der Waals surface area contributed by atoms with E-state index < -0.39 is 33.9 Å². The van der Waals surface area contributed by atoms with Crippen molar-refractivity contribution in [3.8, 4) is 6.01 Å². The van der Waals surface area contributed by atoms with E-state index in [9.17, 15) is 27.7 Å². The van der Waals surface area contributed by atoms with Crippen LogP contribution in [0.4, 0.5) is 34.6 Å². The van der Waals surface area contributed by atoms with Crippen LogP contribution in [-0.2, 0) is 26.1 Å². The molecule has 1 unspecified atom stereocenters. The van der Waals surface area contributed by atoms with Crippen molar-refractivity contribution in [2.75, 3.05) is 16.0 Å². The molecule has 1 aromatic heterocycles. The van der Waals surface area contributed by atoms with Crippen LogP contribution in [0.15, 0.2) is 87.9 Å². The van der Waals surface area contributed by atoms with Gasteiger partial charge in [0.15, 0.2) is 5.78 Å². The highest BCUT2D eigenvalue weighted by atomic mass is 35.5. The lowest BCUT2D eigenvalue weighted by Crippen LogP contribution is -2.31. The average molecular weight is 743 g/mol. The Balaban J connectivity index is 1.29. The Morgan fingerprint density at radius 3 is 1.94 bits per heavy atom. The number of aromatic nitrogens is 3. The van der Waals surface area contributed by atoms with Crippen LogP contribution in [0.5, 0.6) is 6.01 Å². The molecule has 14 nitrogen and oxygen atoms in total. The number of anilines is 5. The summed E-state index contributed by atoms with van der Waals surface area (Å²) >= 11 is 6.15. The highest BCUT2D eigenvalue weighted by Crippen LogP contribution is 2.31. The van der Waals surface area contributed by atoms with Crippen molar-refractivity contribution >= 4 is 68.1 Å². The number of para-hydroxylation sites is 1. The molecule has 1 atom stereocenters. The molecular formula is C36H35ClN8O6S. The van der Waals surface area contributed by atoms with Gasteiger partial charge >= 0.3 is 6.01 Å². The van der Waals surface area contributed by atoms with E-state index in [1.807, 2.05) is 52.0 Å². The Hall–Kier alpha value is -5.77. The van der Waals surface area contributed by atoms with E-state index in [1.165, 1.54) is 31.2 Å². The minimum Gasteiger partial charge on any atom is -0.479 e. The molecule has 0 aliphatic rings. The Labute approximate surface area is 305 Å². The van der Waals surface area contributed by atoms with Gasteiger partial charge in [-0.3, -0.25) is 14.1 Å². The number of nitrogens with zero attached hydrogens (tertiary/aromatic N) is 5. The molecule has 1 heterocycles. The molecule has 268 valence electrons. The first kappa shape index (κ1) is 37.5. The van der Waals surface area contributed by atoms with Crippen LogP contribution in [0, 0.1) is 27.7 Å². The van der Waals surface area contributed by atoms with Crippen LogP contribution in [0.2, 0.25) is 5.02 Å². The van der Waals surface area contributed by atoms with E-state index in [-0.39, 0.29) is 16.8 Å². The van der Waals surface area contributed by atoms with Gasteiger partial charge in [-0.05, 0) is 111 Å². The van der Waals surface area contributed by atoms with E-state index in [1.54, 1.807) is 24.3 Å². The second kappa shape index (κ2) is 15.6. The Morgan fingerprint density at radius 1 is 0.827 bits per heavy atom. The first-order chi connectivity index (χ1) is 24.6. The summed E-state index contributed by atoms with van der Waals surface area (Å²) in [5.41, 5.74) is 7.60. The number of aromatic hydroxyl groups is 1. The van der Waals surface area contributed by atoms with Crippen molar-refractivity contribution in [3.05, 3.63) is 111 Å². The van der Waals surface area contributed by atoms with E-state index >= 15 is 0 Å². The maximum absolute atomic E-state index is 12.9. The smallest absolute Gasteiger partial charge is 0.320 e. The number of amides is 1. The van der Waals surface area contributed by atoms with Crippen LogP contribution in [0.1, 0.15) is 40.3 Å². The third-order valence-electron chi connectivity index (χ3n) is 7.86. The van der Waals surface area contributed by atoms with Crippen molar-refractivity contribution in [3.63, 3.8) is 0 Å². The third kappa shape index (κ3) is 9.31. The fourth-order valence-corrected chi connectivity index (χ4v) is 6.18. The highest BCUT2D eigenvalue weighted by Gasteiger charge is 2.24. The predicted molar refractivity (Wildman–Crippen MR) is 198 cm³/mol. The molecule has 5 rings (SSSR count). The number of hydrogen-bond acceptors (Lipinski definition) is 12. The number of nitrogens with one attached hydrogen (secondary N) is 3. The molecule has 0 bridgehead atoms. The first-order valence-electron chi connectivity index (χ1n) is 15.8. The highest BCUT2D eigenvalue weighted by molar-refractivity contribution is 7.85. The summed E-state index contributed by atoms with van der Waals surface area (Å²) < 4.78 is 31.9. The molecule has 4 aromatic carbocycles. The standard InChI is InChI=1S/C36H35ClN8O6S/c1-19-14-24(15-20(2)30(19)40-35-41-34(42-36(48)43-35)38-26-10-12-27(13-11-26)52(49,50)51)18-25-16-21(3)31(22(4)17-25)44-45-32(23(5)46)33(47)39-29-9-7-6-8-28(29)37/h6-17,32H,18H2,1-5H3,(H,39,47)(H,49,50,51)(H3,38,40,41,42,43,48). The first-order valence-corrected chi connectivity index (χ1v) is 17.6. The van der Waals surface area contributed by atoms with Gasteiger partial charge in [0.2, 0.25) is 17.9 Å². The number of Topliss-reactive ketones (excluding diaryl/α,β-unsaturated/α-hetero) is 1. The summed E-state index contributed by atoms with van der Waals surface area (Å²) in [6, 6.07) is 18.1. The normalized spacial score (nSPS) is 12.1. The number of carbonyl (C=O) groups excluding carboxylic acids is 2.